The fourth-order valence-electron chi connectivity index (χ4n) is 2.00. The number of aromatic nitrogens is 2. The van der Waals surface area contributed by atoms with E-state index in [1.807, 2.05) is 6.92 Å². The van der Waals surface area contributed by atoms with Crippen molar-refractivity contribution in [1.82, 2.24) is 9.97 Å². The number of nitrogens with zero attached hydrogens (tertiary/aromatic N) is 1. The van der Waals surface area contributed by atoms with Crippen molar-refractivity contribution in [3.63, 3.8) is 0 Å². The number of amides is 1. The second-order valence-electron chi connectivity index (χ2n) is 4.95. The summed E-state index contributed by atoms with van der Waals surface area (Å²) in [6.07, 6.45) is 0.647. The van der Waals surface area contributed by atoms with Gasteiger partial charge in [0.1, 0.15) is 5.82 Å². The van der Waals surface area contributed by atoms with Gasteiger partial charge in [0.2, 0.25) is 5.91 Å². The highest BCUT2D eigenvalue weighted by Crippen LogP contribution is 2.19. The predicted molar refractivity (Wildman–Crippen MR) is 93.3 cm³/mol. The van der Waals surface area contributed by atoms with Crippen LogP contribution in [0.5, 0.6) is 0 Å². The summed E-state index contributed by atoms with van der Waals surface area (Å²) >= 11 is 1.02. The molecule has 0 atom stereocenters. The van der Waals surface area contributed by atoms with Crippen molar-refractivity contribution in [2.45, 2.75) is 13.3 Å². The van der Waals surface area contributed by atoms with Crippen LogP contribution in [-0.2, 0) is 16.0 Å². The molecule has 8 heteroatoms. The monoisotopic (exact) mass is 347 g/mol. The molecular weight excluding hydrogens is 330 g/mol. The number of aromatic amines is 1. The third-order valence-electron chi connectivity index (χ3n) is 3.04. The van der Waals surface area contributed by atoms with Crippen molar-refractivity contribution in [3.8, 4) is 11.4 Å². The van der Waals surface area contributed by atoms with Crippen LogP contribution >= 0.6 is 11.8 Å². The van der Waals surface area contributed by atoms with Gasteiger partial charge >= 0.3 is 5.97 Å². The number of carbonyl (C=O) groups is 2. The Kier molecular flexibility index (Phi) is 6.14. The molecule has 3 N–H and O–H groups in total. The van der Waals surface area contributed by atoms with Gasteiger partial charge < -0.3 is 15.4 Å². The number of carboxylic acid groups (broad SMARTS) is 1. The summed E-state index contributed by atoms with van der Waals surface area (Å²) in [5.41, 5.74) is 1.70. The van der Waals surface area contributed by atoms with Crippen molar-refractivity contribution in [2.24, 2.45) is 0 Å². The minimum Gasteiger partial charge on any atom is -0.481 e. The number of hydrogen-bond donors (Lipinski definition) is 3. The molecule has 0 aliphatic rings. The van der Waals surface area contributed by atoms with E-state index in [0.717, 1.165) is 11.8 Å². The normalized spacial score (nSPS) is 10.4. The molecule has 2 aromatic rings. The molecule has 1 amide bonds. The number of rotatable bonds is 7. The Labute approximate surface area is 142 Å². The number of carboxylic acids is 1. The van der Waals surface area contributed by atoms with Crippen molar-refractivity contribution in [2.75, 3.05) is 16.8 Å². The van der Waals surface area contributed by atoms with Gasteiger partial charge in [-0.05, 0) is 18.6 Å². The average molecular weight is 347 g/mol. The first kappa shape index (κ1) is 17.7. The lowest BCUT2D eigenvalue weighted by Crippen LogP contribution is -2.15. The Morgan fingerprint density at radius 1 is 1.29 bits per heavy atom. The molecule has 126 valence electrons. The SMILES string of the molecule is CCc1cc(=O)[nH]c(-c2cccc(NC(=O)CSCC(=O)O)c2)n1. The lowest BCUT2D eigenvalue weighted by molar-refractivity contribution is -0.133. The fourth-order valence-corrected chi connectivity index (χ4v) is 2.53. The van der Waals surface area contributed by atoms with Crippen LogP contribution in [0.2, 0.25) is 0 Å². The Morgan fingerprint density at radius 2 is 2.08 bits per heavy atom. The molecule has 1 aromatic heterocycles. The Morgan fingerprint density at radius 3 is 2.79 bits per heavy atom. The number of benzene rings is 1. The molecule has 2 rings (SSSR count). The summed E-state index contributed by atoms with van der Waals surface area (Å²) < 4.78 is 0. The fraction of sp³-hybridized carbons (Fsp3) is 0.250. The summed E-state index contributed by atoms with van der Waals surface area (Å²) in [5, 5.41) is 11.3. The van der Waals surface area contributed by atoms with Crippen LogP contribution in [0, 0.1) is 0 Å². The van der Waals surface area contributed by atoms with Gasteiger partial charge in [0.15, 0.2) is 0 Å². The molecule has 0 saturated carbocycles. The van der Waals surface area contributed by atoms with Crippen LogP contribution < -0.4 is 10.9 Å². The van der Waals surface area contributed by atoms with Crippen molar-refractivity contribution in [3.05, 3.63) is 46.4 Å². The van der Waals surface area contributed by atoms with E-state index in [-0.39, 0.29) is 23.0 Å². The molecule has 0 aliphatic carbocycles. The molecule has 0 unspecified atom stereocenters. The quantitative estimate of drug-likeness (QED) is 0.703. The first-order valence-corrected chi connectivity index (χ1v) is 8.43. The number of anilines is 1. The summed E-state index contributed by atoms with van der Waals surface area (Å²) in [4.78, 5) is 40.9. The number of H-pyrrole nitrogens is 1. The molecule has 1 heterocycles. The summed E-state index contributed by atoms with van der Waals surface area (Å²) in [5.74, 6) is -0.877. The molecule has 0 spiro atoms. The topological polar surface area (TPSA) is 112 Å². The smallest absolute Gasteiger partial charge is 0.313 e. The molecule has 7 nitrogen and oxygen atoms in total. The van der Waals surface area contributed by atoms with E-state index >= 15 is 0 Å². The highest BCUT2D eigenvalue weighted by atomic mass is 32.2. The van der Waals surface area contributed by atoms with E-state index in [1.165, 1.54) is 6.07 Å². The minimum atomic E-state index is -0.958. The van der Waals surface area contributed by atoms with Crippen molar-refractivity contribution >= 4 is 29.3 Å². The van der Waals surface area contributed by atoms with E-state index in [1.54, 1.807) is 24.3 Å². The maximum Gasteiger partial charge on any atom is 0.313 e. The van der Waals surface area contributed by atoms with Crippen LogP contribution in [0.4, 0.5) is 5.69 Å². The summed E-state index contributed by atoms with van der Waals surface area (Å²) in [7, 11) is 0. The van der Waals surface area contributed by atoms with Gasteiger partial charge in [0, 0.05) is 23.0 Å². The largest absolute Gasteiger partial charge is 0.481 e. The van der Waals surface area contributed by atoms with E-state index in [4.69, 9.17) is 5.11 Å². The zero-order valence-corrected chi connectivity index (χ0v) is 13.9. The molecule has 24 heavy (non-hydrogen) atoms. The van der Waals surface area contributed by atoms with Crippen LogP contribution in [0.25, 0.3) is 11.4 Å². The number of aliphatic carboxylic acids is 1. The third-order valence-corrected chi connectivity index (χ3v) is 3.95. The second kappa shape index (κ2) is 8.30. The molecular formula is C16H17N3O4S. The van der Waals surface area contributed by atoms with E-state index < -0.39 is 5.97 Å². The highest BCUT2D eigenvalue weighted by molar-refractivity contribution is 8.00. The van der Waals surface area contributed by atoms with Gasteiger partial charge in [0.25, 0.3) is 5.56 Å². The number of thioether (sulfide) groups is 1. The lowest BCUT2D eigenvalue weighted by atomic mass is 10.2. The van der Waals surface area contributed by atoms with Gasteiger partial charge in [-0.1, -0.05) is 19.1 Å². The molecule has 0 bridgehead atoms. The molecule has 0 aliphatic heterocycles. The van der Waals surface area contributed by atoms with Crippen molar-refractivity contribution < 1.29 is 14.7 Å². The second-order valence-corrected chi connectivity index (χ2v) is 5.94. The van der Waals surface area contributed by atoms with E-state index in [9.17, 15) is 14.4 Å². The van der Waals surface area contributed by atoms with Crippen LogP contribution in [-0.4, -0.2) is 38.5 Å². The Bertz CT molecular complexity index is 804. The zero-order valence-electron chi connectivity index (χ0n) is 13.0. The molecule has 0 radical (unpaired) electrons. The standard InChI is InChI=1S/C16H17N3O4S/c1-2-11-7-13(20)19-16(18-11)10-4-3-5-12(6-10)17-14(21)8-24-9-15(22)23/h3-7H,2,8-9H2,1H3,(H,17,21)(H,22,23)(H,18,19,20). The summed E-state index contributed by atoms with van der Waals surface area (Å²) in [6, 6.07) is 8.40. The molecule has 1 aromatic carbocycles. The van der Waals surface area contributed by atoms with Gasteiger partial charge in [-0.3, -0.25) is 14.4 Å². The van der Waals surface area contributed by atoms with Crippen LogP contribution in [0.3, 0.4) is 0 Å². The molecule has 0 saturated heterocycles. The van der Waals surface area contributed by atoms with Gasteiger partial charge in [-0.2, -0.15) is 0 Å². The highest BCUT2D eigenvalue weighted by Gasteiger charge is 2.07. The number of hydrogen-bond acceptors (Lipinski definition) is 5. The first-order valence-electron chi connectivity index (χ1n) is 7.28. The molecule has 0 fully saturated rings. The van der Waals surface area contributed by atoms with E-state index in [0.29, 0.717) is 29.2 Å². The average Bonchev–Trinajstić information content (AvgIpc) is 2.54. The van der Waals surface area contributed by atoms with Crippen molar-refractivity contribution in [1.29, 1.82) is 0 Å². The minimum absolute atomic E-state index is 0.0525. The van der Waals surface area contributed by atoms with E-state index in [2.05, 4.69) is 15.3 Å². The number of carbonyl (C=O) groups excluding carboxylic acids is 1. The maximum atomic E-state index is 11.8. The Hall–Kier alpha value is -2.61. The number of nitrogens with one attached hydrogen (secondary N) is 2. The van der Waals surface area contributed by atoms with Gasteiger partial charge in [-0.25, -0.2) is 4.98 Å². The first-order chi connectivity index (χ1) is 11.5. The maximum absolute atomic E-state index is 11.8. The van der Waals surface area contributed by atoms with Gasteiger partial charge in [0.05, 0.1) is 11.5 Å². The third kappa shape index (κ3) is 5.24. The summed E-state index contributed by atoms with van der Waals surface area (Å²) in [6.45, 7) is 1.91. The van der Waals surface area contributed by atoms with Gasteiger partial charge in [-0.15, -0.1) is 11.8 Å². The van der Waals surface area contributed by atoms with Crippen LogP contribution in [0.1, 0.15) is 12.6 Å². The zero-order chi connectivity index (χ0) is 17.5. The van der Waals surface area contributed by atoms with Crippen LogP contribution in [0.15, 0.2) is 35.1 Å². The lowest BCUT2D eigenvalue weighted by Gasteiger charge is -2.07. The predicted octanol–water partition coefficient (Wildman–Crippen LogP) is 1.76. The Balaban J connectivity index is 2.11. The number of aryl methyl sites for hydroxylation is 1.